The van der Waals surface area contributed by atoms with Crippen molar-refractivity contribution in [3.8, 4) is 0 Å². The van der Waals surface area contributed by atoms with Gasteiger partial charge in [-0.2, -0.15) is 0 Å². The third-order valence-electron chi connectivity index (χ3n) is 4.30. The molecule has 0 bridgehead atoms. The Balaban J connectivity index is 2.48. The van der Waals surface area contributed by atoms with Crippen molar-refractivity contribution in [2.24, 2.45) is 5.92 Å². The first-order chi connectivity index (χ1) is 9.56. The Bertz CT molecular complexity index is 275. The molecule has 1 heterocycles. The highest BCUT2D eigenvalue weighted by Crippen LogP contribution is 2.17. The predicted molar refractivity (Wildman–Crippen MR) is 84.8 cm³/mol. The molecule has 0 spiro atoms. The number of nitrogens with one attached hydrogen (secondary N) is 2. The van der Waals surface area contributed by atoms with E-state index in [1.165, 1.54) is 12.8 Å². The van der Waals surface area contributed by atoms with Gasteiger partial charge in [-0.3, -0.25) is 9.69 Å². The van der Waals surface area contributed by atoms with E-state index in [0.29, 0.717) is 6.04 Å². The molecule has 4 nitrogen and oxygen atoms in total. The van der Waals surface area contributed by atoms with Gasteiger partial charge < -0.3 is 10.6 Å². The van der Waals surface area contributed by atoms with Gasteiger partial charge in [-0.15, -0.1) is 0 Å². The average molecular weight is 283 g/mol. The summed E-state index contributed by atoms with van der Waals surface area (Å²) in [4.78, 5) is 14.6. The molecule has 0 radical (unpaired) electrons. The second kappa shape index (κ2) is 9.35. The molecule has 20 heavy (non-hydrogen) atoms. The van der Waals surface area contributed by atoms with Crippen molar-refractivity contribution in [3.05, 3.63) is 0 Å². The van der Waals surface area contributed by atoms with Crippen molar-refractivity contribution >= 4 is 5.91 Å². The van der Waals surface area contributed by atoms with Gasteiger partial charge >= 0.3 is 0 Å². The zero-order valence-electron chi connectivity index (χ0n) is 13.7. The largest absolute Gasteiger partial charge is 0.355 e. The number of unbranched alkanes of at least 4 members (excludes halogenated alkanes) is 1. The summed E-state index contributed by atoms with van der Waals surface area (Å²) in [5, 5.41) is 6.47. The van der Waals surface area contributed by atoms with Crippen LogP contribution in [0.15, 0.2) is 0 Å². The fraction of sp³-hybridized carbons (Fsp3) is 0.938. The summed E-state index contributed by atoms with van der Waals surface area (Å²) < 4.78 is 0. The van der Waals surface area contributed by atoms with Crippen LogP contribution in [-0.2, 0) is 4.79 Å². The molecular weight excluding hydrogens is 250 g/mol. The molecule has 4 heteroatoms. The second-order valence-corrected chi connectivity index (χ2v) is 6.30. The highest BCUT2D eigenvalue weighted by atomic mass is 16.2. The Hall–Kier alpha value is -0.610. The van der Waals surface area contributed by atoms with Crippen molar-refractivity contribution in [2.45, 2.75) is 65.5 Å². The number of rotatable bonds is 8. The molecule has 1 atom stereocenters. The number of carbonyl (C=O) groups is 1. The number of hydrogen-bond donors (Lipinski definition) is 2. The maximum absolute atomic E-state index is 12.2. The molecule has 1 unspecified atom stereocenters. The topological polar surface area (TPSA) is 44.4 Å². The smallest absolute Gasteiger partial charge is 0.237 e. The monoisotopic (exact) mass is 283 g/mol. The zero-order chi connectivity index (χ0) is 15.0. The van der Waals surface area contributed by atoms with Crippen LogP contribution < -0.4 is 10.6 Å². The van der Waals surface area contributed by atoms with Crippen molar-refractivity contribution in [1.29, 1.82) is 0 Å². The van der Waals surface area contributed by atoms with Crippen LogP contribution in [0.5, 0.6) is 0 Å². The Morgan fingerprint density at radius 1 is 1.30 bits per heavy atom. The third-order valence-corrected chi connectivity index (χ3v) is 4.30. The minimum absolute atomic E-state index is 0.0262. The molecular formula is C16H33N3O. The number of piperidine rings is 1. The summed E-state index contributed by atoms with van der Waals surface area (Å²) in [5.41, 5.74) is 0. The minimum Gasteiger partial charge on any atom is -0.355 e. The lowest BCUT2D eigenvalue weighted by molar-refractivity contribution is -0.126. The Morgan fingerprint density at radius 2 is 1.95 bits per heavy atom. The summed E-state index contributed by atoms with van der Waals surface area (Å²) in [7, 11) is 0. The molecule has 0 aromatic carbocycles. The Kier molecular flexibility index (Phi) is 8.15. The third kappa shape index (κ3) is 5.80. The van der Waals surface area contributed by atoms with E-state index in [-0.39, 0.29) is 11.9 Å². The van der Waals surface area contributed by atoms with Crippen LogP contribution in [0.3, 0.4) is 0 Å². The minimum atomic E-state index is -0.0262. The van der Waals surface area contributed by atoms with Gasteiger partial charge in [0, 0.05) is 19.1 Å². The van der Waals surface area contributed by atoms with E-state index in [9.17, 15) is 4.79 Å². The van der Waals surface area contributed by atoms with E-state index in [4.69, 9.17) is 0 Å². The maximum Gasteiger partial charge on any atom is 0.237 e. The molecule has 1 fully saturated rings. The van der Waals surface area contributed by atoms with Gasteiger partial charge in [-0.05, 0) is 59.0 Å². The first-order valence-corrected chi connectivity index (χ1v) is 8.30. The summed E-state index contributed by atoms with van der Waals surface area (Å²) in [5.74, 6) is 0.908. The highest BCUT2D eigenvalue weighted by Gasteiger charge is 2.26. The van der Waals surface area contributed by atoms with E-state index in [0.717, 1.165) is 44.9 Å². The summed E-state index contributed by atoms with van der Waals surface area (Å²) in [6.45, 7) is 12.7. The van der Waals surface area contributed by atoms with Gasteiger partial charge in [0.2, 0.25) is 5.91 Å². The normalized spacial score (nSPS) is 18.5. The molecule has 0 aliphatic carbocycles. The summed E-state index contributed by atoms with van der Waals surface area (Å²) in [6, 6.07) is 0.388. The van der Waals surface area contributed by atoms with Gasteiger partial charge in [0.15, 0.2) is 0 Å². The van der Waals surface area contributed by atoms with Gasteiger partial charge in [-0.25, -0.2) is 0 Å². The Morgan fingerprint density at radius 3 is 2.50 bits per heavy atom. The SMILES string of the molecule is CCCCNC(=O)C(C)N(CC1CCNCC1)C(C)C. The average Bonchev–Trinajstić information content (AvgIpc) is 2.45. The van der Waals surface area contributed by atoms with E-state index in [2.05, 4.69) is 36.3 Å². The van der Waals surface area contributed by atoms with Gasteiger partial charge in [0.05, 0.1) is 6.04 Å². The van der Waals surface area contributed by atoms with Crippen molar-refractivity contribution in [2.75, 3.05) is 26.2 Å². The molecule has 2 N–H and O–H groups in total. The zero-order valence-corrected chi connectivity index (χ0v) is 13.7. The lowest BCUT2D eigenvalue weighted by atomic mass is 9.96. The molecule has 0 aromatic rings. The maximum atomic E-state index is 12.2. The van der Waals surface area contributed by atoms with Crippen LogP contribution in [0.25, 0.3) is 0 Å². The van der Waals surface area contributed by atoms with E-state index in [1.54, 1.807) is 0 Å². The van der Waals surface area contributed by atoms with Crippen LogP contribution in [0.2, 0.25) is 0 Å². The van der Waals surface area contributed by atoms with Crippen LogP contribution >= 0.6 is 0 Å². The molecule has 0 aromatic heterocycles. The molecule has 1 amide bonds. The van der Waals surface area contributed by atoms with E-state index >= 15 is 0 Å². The number of nitrogens with zero attached hydrogens (tertiary/aromatic N) is 1. The lowest BCUT2D eigenvalue weighted by Crippen LogP contribution is -2.50. The molecule has 1 aliphatic heterocycles. The van der Waals surface area contributed by atoms with Crippen LogP contribution in [0.1, 0.15) is 53.4 Å². The standard InChI is InChI=1S/C16H33N3O/c1-5-6-9-18-16(20)14(4)19(13(2)3)12-15-7-10-17-11-8-15/h13-15,17H,5-12H2,1-4H3,(H,18,20). The molecule has 0 saturated carbocycles. The van der Waals surface area contributed by atoms with E-state index in [1.807, 2.05) is 6.92 Å². The summed E-state index contributed by atoms with van der Waals surface area (Å²) >= 11 is 0. The van der Waals surface area contributed by atoms with Crippen LogP contribution in [0.4, 0.5) is 0 Å². The lowest BCUT2D eigenvalue weighted by Gasteiger charge is -2.36. The number of amides is 1. The molecule has 118 valence electrons. The van der Waals surface area contributed by atoms with Crippen LogP contribution in [0, 0.1) is 5.92 Å². The fourth-order valence-electron chi connectivity index (χ4n) is 2.87. The van der Waals surface area contributed by atoms with Gasteiger partial charge in [0.1, 0.15) is 0 Å². The van der Waals surface area contributed by atoms with E-state index < -0.39 is 0 Å². The Labute approximate surface area is 124 Å². The predicted octanol–water partition coefficient (Wildman–Crippen LogP) is 2.00. The first kappa shape index (κ1) is 17.4. The van der Waals surface area contributed by atoms with Crippen molar-refractivity contribution < 1.29 is 4.79 Å². The second-order valence-electron chi connectivity index (χ2n) is 6.30. The molecule has 1 saturated heterocycles. The number of carbonyl (C=O) groups excluding carboxylic acids is 1. The van der Waals surface area contributed by atoms with Crippen molar-refractivity contribution in [1.82, 2.24) is 15.5 Å². The van der Waals surface area contributed by atoms with Crippen LogP contribution in [-0.4, -0.2) is 49.1 Å². The first-order valence-electron chi connectivity index (χ1n) is 8.30. The van der Waals surface area contributed by atoms with Crippen molar-refractivity contribution in [3.63, 3.8) is 0 Å². The quantitative estimate of drug-likeness (QED) is 0.670. The van der Waals surface area contributed by atoms with Gasteiger partial charge in [-0.1, -0.05) is 13.3 Å². The highest BCUT2D eigenvalue weighted by molar-refractivity contribution is 5.81. The number of hydrogen-bond acceptors (Lipinski definition) is 3. The molecule has 1 rings (SSSR count). The molecule has 1 aliphatic rings. The summed E-state index contributed by atoms with van der Waals surface area (Å²) in [6.07, 6.45) is 4.65. The van der Waals surface area contributed by atoms with Gasteiger partial charge in [0.25, 0.3) is 0 Å². The fourth-order valence-corrected chi connectivity index (χ4v) is 2.87.